The maximum absolute atomic E-state index is 8.40. The van der Waals surface area contributed by atoms with Crippen molar-refractivity contribution in [3.8, 4) is 0 Å². The molecule has 86 valence electrons. The molecule has 0 atom stereocenters. The number of aliphatic hydroxyl groups is 2. The van der Waals surface area contributed by atoms with E-state index in [1.807, 2.05) is 0 Å². The molecule has 15 heavy (non-hydrogen) atoms. The van der Waals surface area contributed by atoms with E-state index in [4.69, 9.17) is 19.8 Å². The number of carbonyl (C=O) groups excluding carboxylic acids is 2. The first-order valence-corrected chi connectivity index (χ1v) is 4.05. The Hall–Kier alpha value is -0.892. The zero-order valence-corrected chi connectivity index (χ0v) is 11.4. The van der Waals surface area contributed by atoms with Gasteiger partial charge in [0, 0.05) is 21.1 Å². The first-order chi connectivity index (χ1) is 6.25. The molecule has 0 saturated heterocycles. The fourth-order valence-corrected chi connectivity index (χ4v) is 0.605. The molecule has 0 amide bonds. The molecule has 0 unspecified atom stereocenters. The van der Waals surface area contributed by atoms with Gasteiger partial charge in [-0.2, -0.15) is 0 Å². The van der Waals surface area contributed by atoms with Gasteiger partial charge >= 0.3 is 11.6 Å². The summed E-state index contributed by atoms with van der Waals surface area (Å²) < 4.78 is 0. The van der Waals surface area contributed by atoms with Crippen LogP contribution in [0.2, 0.25) is 0 Å². The fraction of sp³-hybridized carbons (Fsp3) is 0.400. The summed E-state index contributed by atoms with van der Waals surface area (Å²) in [7, 11) is 0. The molecule has 0 heterocycles. The van der Waals surface area contributed by atoms with E-state index in [2.05, 4.69) is 0 Å². The monoisotopic (exact) mass is 300 g/mol. The van der Waals surface area contributed by atoms with E-state index >= 15 is 0 Å². The quantitative estimate of drug-likeness (QED) is 0.354. The Bertz CT molecular complexity index is 231. The van der Waals surface area contributed by atoms with Crippen LogP contribution < -0.4 is 0 Å². The minimum absolute atomic E-state index is 0. The molecule has 0 saturated carbocycles. The summed E-state index contributed by atoms with van der Waals surface area (Å²) in [5.74, 6) is 0.500. The van der Waals surface area contributed by atoms with Crippen LogP contribution >= 0.6 is 0 Å². The standard InChI is InChI=1S/2C5H8O2.Mo/c2*1-4(6)3-5(2)7;/h2*3,6H,1-2H3;/p+2/b2*4-3-;. The van der Waals surface area contributed by atoms with Crippen molar-refractivity contribution in [1.29, 1.82) is 0 Å². The molecule has 0 bridgehead atoms. The Balaban J connectivity index is -0.000000180. The number of aliphatic hydroxyl groups excluding tert-OH is 2. The minimum Gasteiger partial charge on any atom is -0.512 e. The molecular weight excluding hydrogens is 280 g/mol. The average Bonchev–Trinajstić information content (AvgIpc) is 1.79. The van der Waals surface area contributed by atoms with E-state index < -0.39 is 0 Å². The predicted octanol–water partition coefficient (Wildman–Crippen LogP) is 2.02. The van der Waals surface area contributed by atoms with Crippen molar-refractivity contribution < 1.29 is 40.9 Å². The number of hydrogen-bond donors (Lipinski definition) is 2. The van der Waals surface area contributed by atoms with Gasteiger partial charge in [-0.3, -0.25) is 9.59 Å². The maximum Gasteiger partial charge on any atom is 0.316 e. The van der Waals surface area contributed by atoms with Crippen molar-refractivity contribution >= 4 is 11.6 Å². The largest absolute Gasteiger partial charge is 0.512 e. The van der Waals surface area contributed by atoms with Gasteiger partial charge in [0.2, 0.25) is 0 Å². The zero-order valence-electron chi connectivity index (χ0n) is 9.35. The van der Waals surface area contributed by atoms with E-state index in [-0.39, 0.29) is 44.2 Å². The summed E-state index contributed by atoms with van der Waals surface area (Å²) in [6.45, 7) is 6.00. The molecule has 0 radical (unpaired) electrons. The maximum atomic E-state index is 8.40. The van der Waals surface area contributed by atoms with Crippen molar-refractivity contribution in [2.24, 2.45) is 0 Å². The van der Waals surface area contributed by atoms with Crippen molar-refractivity contribution in [2.45, 2.75) is 27.7 Å². The molecule has 0 aliphatic rings. The molecule has 0 aromatic heterocycles. The van der Waals surface area contributed by atoms with E-state index in [1.54, 1.807) is 0 Å². The van der Waals surface area contributed by atoms with E-state index in [0.717, 1.165) is 0 Å². The van der Waals surface area contributed by atoms with Gasteiger partial charge in [0.15, 0.2) is 0 Å². The van der Waals surface area contributed by atoms with Crippen LogP contribution in [0, 0.1) is 0 Å². The van der Waals surface area contributed by atoms with Crippen LogP contribution in [0.15, 0.2) is 23.7 Å². The average molecular weight is 298 g/mol. The molecular formula is C10H18MoO4+2. The van der Waals surface area contributed by atoms with Crippen LogP contribution in [0.1, 0.15) is 27.7 Å². The minimum atomic E-state index is 0. The SMILES string of the molecule is CC(=[OH+])/C=C(/C)O.CC(=[OH+])/C=C(/C)O.[Mo]. The Labute approximate surface area is 104 Å². The fourth-order valence-electron chi connectivity index (χ4n) is 0.605. The van der Waals surface area contributed by atoms with Gasteiger partial charge in [-0.05, 0) is 13.8 Å². The molecule has 4 nitrogen and oxygen atoms in total. The first kappa shape index (κ1) is 19.6. The third kappa shape index (κ3) is 32.0. The van der Waals surface area contributed by atoms with E-state index in [0.29, 0.717) is 0 Å². The van der Waals surface area contributed by atoms with Crippen LogP contribution in [-0.4, -0.2) is 31.4 Å². The second kappa shape index (κ2) is 11.2. The van der Waals surface area contributed by atoms with Crippen molar-refractivity contribution in [3.05, 3.63) is 23.7 Å². The van der Waals surface area contributed by atoms with Gasteiger partial charge in [-0.25, -0.2) is 0 Å². The second-order valence-corrected chi connectivity index (χ2v) is 2.85. The summed E-state index contributed by atoms with van der Waals surface area (Å²) in [4.78, 5) is 16.8. The summed E-state index contributed by atoms with van der Waals surface area (Å²) in [5.41, 5.74) is 0. The third-order valence-corrected chi connectivity index (χ3v) is 0.836. The Morgan fingerprint density at radius 1 is 0.800 bits per heavy atom. The van der Waals surface area contributed by atoms with Gasteiger partial charge in [-0.1, -0.05) is 0 Å². The van der Waals surface area contributed by atoms with Gasteiger partial charge in [-0.15, -0.1) is 0 Å². The third-order valence-electron chi connectivity index (χ3n) is 0.836. The molecule has 0 aliphatic carbocycles. The zero-order chi connectivity index (χ0) is 11.7. The molecule has 0 aliphatic heterocycles. The van der Waals surface area contributed by atoms with Gasteiger partial charge in [0.25, 0.3) is 0 Å². The molecule has 0 fully saturated rings. The Kier molecular flexibility index (Phi) is 14.6. The molecule has 0 aromatic carbocycles. The topological polar surface area (TPSA) is 83.3 Å². The van der Waals surface area contributed by atoms with Crippen LogP contribution in [0.4, 0.5) is 0 Å². The Morgan fingerprint density at radius 2 is 1.00 bits per heavy atom. The van der Waals surface area contributed by atoms with Crippen LogP contribution in [-0.2, 0) is 21.1 Å². The van der Waals surface area contributed by atoms with Crippen molar-refractivity contribution in [1.82, 2.24) is 0 Å². The normalized spacial score (nSPS) is 10.7. The first-order valence-electron chi connectivity index (χ1n) is 4.05. The smallest absolute Gasteiger partial charge is 0.316 e. The van der Waals surface area contributed by atoms with Crippen LogP contribution in [0.25, 0.3) is 0 Å². The van der Waals surface area contributed by atoms with Gasteiger partial charge in [0.05, 0.1) is 37.5 Å². The van der Waals surface area contributed by atoms with Crippen molar-refractivity contribution in [2.75, 3.05) is 0 Å². The van der Waals surface area contributed by atoms with Crippen molar-refractivity contribution in [3.63, 3.8) is 0 Å². The molecule has 0 aromatic rings. The molecule has 0 spiro atoms. The summed E-state index contributed by atoms with van der Waals surface area (Å²) in [6, 6.07) is 0. The van der Waals surface area contributed by atoms with Gasteiger partial charge in [0.1, 0.15) is 0 Å². The molecule has 0 rings (SSSR count). The number of ketones is 2. The Morgan fingerprint density at radius 3 is 1.00 bits per heavy atom. The van der Waals surface area contributed by atoms with Gasteiger partial charge < -0.3 is 10.2 Å². The van der Waals surface area contributed by atoms with Crippen LogP contribution in [0.3, 0.4) is 0 Å². The number of rotatable bonds is 2. The number of hydrogen-bond acceptors (Lipinski definition) is 2. The van der Waals surface area contributed by atoms with E-state index in [9.17, 15) is 0 Å². The molecule has 5 heteroatoms. The van der Waals surface area contributed by atoms with E-state index in [1.165, 1.54) is 39.8 Å². The second-order valence-electron chi connectivity index (χ2n) is 2.85. The van der Waals surface area contributed by atoms with Crippen LogP contribution in [0.5, 0.6) is 0 Å². The number of allylic oxidation sites excluding steroid dienone is 4. The predicted molar refractivity (Wildman–Crippen MR) is 58.0 cm³/mol. The molecule has 4 N–H and O–H groups in total. The summed E-state index contributed by atoms with van der Waals surface area (Å²) in [6.07, 6.45) is 2.56. The summed E-state index contributed by atoms with van der Waals surface area (Å²) in [5, 5.41) is 16.8. The summed E-state index contributed by atoms with van der Waals surface area (Å²) >= 11 is 0.